The molecule has 0 saturated heterocycles. The second-order valence-electron chi connectivity index (χ2n) is 5.65. The van der Waals surface area contributed by atoms with E-state index in [1.54, 1.807) is 13.8 Å². The van der Waals surface area contributed by atoms with E-state index in [0.717, 1.165) is 11.3 Å². The van der Waals surface area contributed by atoms with Crippen LogP contribution in [0.4, 0.5) is 11.4 Å². The number of anilines is 2. The van der Waals surface area contributed by atoms with Crippen molar-refractivity contribution < 1.29 is 19.1 Å². The first-order valence-corrected chi connectivity index (χ1v) is 8.98. The predicted octanol–water partition coefficient (Wildman–Crippen LogP) is 4.16. The smallest absolute Gasteiger partial charge is 0.340 e. The van der Waals surface area contributed by atoms with Gasteiger partial charge in [-0.15, -0.1) is 0 Å². The molecule has 27 heavy (non-hydrogen) atoms. The van der Waals surface area contributed by atoms with Gasteiger partial charge in [0.1, 0.15) is 0 Å². The summed E-state index contributed by atoms with van der Waals surface area (Å²) >= 11 is 5.34. The second-order valence-corrected chi connectivity index (χ2v) is 6.06. The highest BCUT2D eigenvalue weighted by Crippen LogP contribution is 2.21. The monoisotopic (exact) mass is 386 g/mol. The Morgan fingerprint density at radius 2 is 1.67 bits per heavy atom. The normalized spacial score (nSPS) is 10.0. The van der Waals surface area contributed by atoms with Crippen molar-refractivity contribution in [2.24, 2.45) is 0 Å². The van der Waals surface area contributed by atoms with Gasteiger partial charge in [-0.05, 0) is 68.9 Å². The molecule has 2 N–H and O–H groups in total. The fourth-order valence-corrected chi connectivity index (χ4v) is 2.61. The molecular weight excluding hydrogens is 364 g/mol. The van der Waals surface area contributed by atoms with E-state index in [0.29, 0.717) is 11.3 Å². The largest absolute Gasteiger partial charge is 0.462 e. The lowest BCUT2D eigenvalue weighted by Crippen LogP contribution is -2.21. The summed E-state index contributed by atoms with van der Waals surface area (Å²) in [4.78, 5) is 24.2. The summed E-state index contributed by atoms with van der Waals surface area (Å²) in [5.74, 6) is -0.984. The van der Waals surface area contributed by atoms with Gasteiger partial charge in [-0.2, -0.15) is 0 Å². The summed E-state index contributed by atoms with van der Waals surface area (Å²) in [6.07, 6.45) is 0. The van der Waals surface area contributed by atoms with Gasteiger partial charge >= 0.3 is 11.9 Å². The van der Waals surface area contributed by atoms with Crippen molar-refractivity contribution in [3.05, 3.63) is 59.2 Å². The van der Waals surface area contributed by atoms with Crippen LogP contribution >= 0.6 is 12.2 Å². The van der Waals surface area contributed by atoms with Crippen molar-refractivity contribution >= 4 is 40.6 Å². The highest BCUT2D eigenvalue weighted by atomic mass is 32.1. The first kappa shape index (κ1) is 20.4. The van der Waals surface area contributed by atoms with Gasteiger partial charge in [-0.25, -0.2) is 9.59 Å². The molecule has 0 radical (unpaired) electrons. The van der Waals surface area contributed by atoms with Crippen LogP contribution in [0.5, 0.6) is 0 Å². The van der Waals surface area contributed by atoms with Gasteiger partial charge in [0.25, 0.3) is 0 Å². The average molecular weight is 386 g/mol. The Hall–Kier alpha value is -2.93. The molecule has 0 spiro atoms. The number of rotatable bonds is 6. The summed E-state index contributed by atoms with van der Waals surface area (Å²) in [7, 11) is 0. The van der Waals surface area contributed by atoms with Crippen LogP contribution in [0.15, 0.2) is 42.5 Å². The third-order valence-corrected chi connectivity index (χ3v) is 3.75. The Labute approximate surface area is 163 Å². The molecule has 2 aromatic rings. The number of ether oxygens (including phenoxy) is 2. The number of esters is 2. The lowest BCUT2D eigenvalue weighted by Gasteiger charge is -2.15. The van der Waals surface area contributed by atoms with Gasteiger partial charge < -0.3 is 20.1 Å². The summed E-state index contributed by atoms with van der Waals surface area (Å²) in [6.45, 7) is 5.93. The van der Waals surface area contributed by atoms with E-state index in [-0.39, 0.29) is 23.9 Å². The lowest BCUT2D eigenvalue weighted by atomic mass is 10.1. The molecule has 0 unspecified atom stereocenters. The molecule has 0 fully saturated rings. The Kier molecular flexibility index (Phi) is 7.31. The van der Waals surface area contributed by atoms with Gasteiger partial charge in [0.05, 0.1) is 30.0 Å². The van der Waals surface area contributed by atoms with Gasteiger partial charge in [0, 0.05) is 5.69 Å². The number of hydrogen-bond acceptors (Lipinski definition) is 5. The fraction of sp³-hybridized carbons (Fsp3) is 0.250. The van der Waals surface area contributed by atoms with E-state index in [1.807, 2.05) is 31.2 Å². The summed E-state index contributed by atoms with van der Waals surface area (Å²) in [5, 5.41) is 6.31. The Morgan fingerprint density at radius 3 is 2.33 bits per heavy atom. The molecule has 0 aliphatic rings. The summed E-state index contributed by atoms with van der Waals surface area (Å²) < 4.78 is 10.1. The molecule has 0 saturated carbocycles. The minimum atomic E-state index is -0.506. The van der Waals surface area contributed by atoms with Crippen molar-refractivity contribution in [1.29, 1.82) is 0 Å². The number of nitrogens with one attached hydrogen (secondary N) is 2. The number of hydrogen-bond donors (Lipinski definition) is 2. The topological polar surface area (TPSA) is 76.7 Å². The van der Waals surface area contributed by atoms with E-state index < -0.39 is 11.9 Å². The van der Waals surface area contributed by atoms with Crippen molar-refractivity contribution in [2.75, 3.05) is 23.8 Å². The molecule has 6 nitrogen and oxygen atoms in total. The van der Waals surface area contributed by atoms with Gasteiger partial charge in [0.2, 0.25) is 0 Å². The third kappa shape index (κ3) is 5.79. The van der Waals surface area contributed by atoms with Gasteiger partial charge in [0.15, 0.2) is 5.11 Å². The van der Waals surface area contributed by atoms with Gasteiger partial charge in [-0.1, -0.05) is 12.1 Å². The first-order chi connectivity index (χ1) is 12.9. The molecule has 0 heterocycles. The molecule has 0 bridgehead atoms. The number of aryl methyl sites for hydroxylation is 1. The van der Waals surface area contributed by atoms with Crippen LogP contribution in [-0.2, 0) is 9.47 Å². The summed E-state index contributed by atoms with van der Waals surface area (Å²) in [6, 6.07) is 12.3. The van der Waals surface area contributed by atoms with E-state index in [2.05, 4.69) is 10.6 Å². The Balaban J connectivity index is 2.27. The lowest BCUT2D eigenvalue weighted by molar-refractivity contribution is 0.0512. The molecule has 0 aromatic heterocycles. The maximum absolute atomic E-state index is 12.2. The van der Waals surface area contributed by atoms with Crippen LogP contribution in [0, 0.1) is 6.92 Å². The van der Waals surface area contributed by atoms with Crippen molar-refractivity contribution in [3.63, 3.8) is 0 Å². The molecular formula is C20H22N2O4S. The average Bonchev–Trinajstić information content (AvgIpc) is 2.62. The fourth-order valence-electron chi connectivity index (χ4n) is 2.38. The first-order valence-electron chi connectivity index (χ1n) is 8.57. The molecule has 0 atom stereocenters. The van der Waals surface area contributed by atoms with E-state index in [1.165, 1.54) is 18.2 Å². The minimum absolute atomic E-state index is 0.240. The SMILES string of the molecule is CCOC(=O)c1ccc(C(=O)OCC)c(NC(=S)Nc2cccc(C)c2)c1. The van der Waals surface area contributed by atoms with Crippen LogP contribution in [0.3, 0.4) is 0 Å². The Bertz CT molecular complexity index is 852. The van der Waals surface area contributed by atoms with Crippen LogP contribution in [-0.4, -0.2) is 30.3 Å². The van der Waals surface area contributed by atoms with Crippen LogP contribution in [0.1, 0.15) is 40.1 Å². The van der Waals surface area contributed by atoms with Crippen LogP contribution in [0.25, 0.3) is 0 Å². The highest BCUT2D eigenvalue weighted by molar-refractivity contribution is 7.80. The molecule has 142 valence electrons. The zero-order chi connectivity index (χ0) is 19.8. The maximum atomic E-state index is 12.2. The molecule has 7 heteroatoms. The molecule has 0 aliphatic carbocycles. The van der Waals surface area contributed by atoms with Gasteiger partial charge in [-0.3, -0.25) is 0 Å². The molecule has 2 rings (SSSR count). The van der Waals surface area contributed by atoms with E-state index in [4.69, 9.17) is 21.7 Å². The maximum Gasteiger partial charge on any atom is 0.340 e. The summed E-state index contributed by atoms with van der Waals surface area (Å²) in [5.41, 5.74) is 2.85. The van der Waals surface area contributed by atoms with Crippen LogP contribution < -0.4 is 10.6 Å². The minimum Gasteiger partial charge on any atom is -0.462 e. The number of carbonyl (C=O) groups excluding carboxylic acids is 2. The van der Waals surface area contributed by atoms with E-state index in [9.17, 15) is 9.59 Å². The van der Waals surface area contributed by atoms with Crippen molar-refractivity contribution in [2.45, 2.75) is 20.8 Å². The molecule has 0 aliphatic heterocycles. The Morgan fingerprint density at radius 1 is 0.963 bits per heavy atom. The zero-order valence-electron chi connectivity index (χ0n) is 15.5. The quantitative estimate of drug-likeness (QED) is 0.570. The van der Waals surface area contributed by atoms with Crippen molar-refractivity contribution in [3.8, 4) is 0 Å². The number of benzene rings is 2. The number of thiocarbonyl (C=S) groups is 1. The zero-order valence-corrected chi connectivity index (χ0v) is 16.3. The van der Waals surface area contributed by atoms with Crippen LogP contribution in [0.2, 0.25) is 0 Å². The highest BCUT2D eigenvalue weighted by Gasteiger charge is 2.17. The number of carbonyl (C=O) groups is 2. The predicted molar refractivity (Wildman–Crippen MR) is 109 cm³/mol. The molecule has 2 aromatic carbocycles. The third-order valence-electron chi connectivity index (χ3n) is 3.55. The van der Waals surface area contributed by atoms with Crippen molar-refractivity contribution in [1.82, 2.24) is 0 Å². The second kappa shape index (κ2) is 9.68. The van der Waals surface area contributed by atoms with E-state index >= 15 is 0 Å². The standard InChI is InChI=1S/C20H22N2O4S/c1-4-25-18(23)14-9-10-16(19(24)26-5-2)17(12-14)22-20(27)21-15-8-6-7-13(3)11-15/h6-12H,4-5H2,1-3H3,(H2,21,22,27). The molecule has 0 amide bonds.